The van der Waals surface area contributed by atoms with E-state index in [1.54, 1.807) is 6.92 Å². The summed E-state index contributed by atoms with van der Waals surface area (Å²) < 4.78 is 25.5. The minimum absolute atomic E-state index is 0.124. The highest BCUT2D eigenvalue weighted by molar-refractivity contribution is 5.58. The van der Waals surface area contributed by atoms with Crippen LogP contribution >= 0.6 is 0 Å². The first kappa shape index (κ1) is 17.6. The van der Waals surface area contributed by atoms with E-state index >= 15 is 0 Å². The van der Waals surface area contributed by atoms with E-state index in [1.807, 2.05) is 13.8 Å². The van der Waals surface area contributed by atoms with Crippen molar-refractivity contribution in [1.29, 1.82) is 0 Å². The second kappa shape index (κ2) is 8.71. The van der Waals surface area contributed by atoms with Gasteiger partial charge in [-0.25, -0.2) is 18.7 Å². The fraction of sp³-hybridized carbons (Fsp3) is 0.714. The van der Waals surface area contributed by atoms with E-state index in [0.717, 1.165) is 12.0 Å². The highest BCUT2D eigenvalue weighted by Crippen LogP contribution is 2.24. The van der Waals surface area contributed by atoms with Gasteiger partial charge >= 0.3 is 0 Å². The van der Waals surface area contributed by atoms with E-state index in [4.69, 9.17) is 5.11 Å². The number of aliphatic hydroxyl groups is 1. The van der Waals surface area contributed by atoms with Crippen LogP contribution in [0.5, 0.6) is 0 Å². The number of hydrogen-bond donors (Lipinski definition) is 2. The molecule has 21 heavy (non-hydrogen) atoms. The summed E-state index contributed by atoms with van der Waals surface area (Å²) >= 11 is 0. The fourth-order valence-electron chi connectivity index (χ4n) is 2.10. The SMILES string of the molecule is CCCc1nc(NCC)c(C)c(N(CCO)CC(F)F)n1. The summed E-state index contributed by atoms with van der Waals surface area (Å²) in [5.74, 6) is 1.77. The molecule has 0 amide bonds. The highest BCUT2D eigenvalue weighted by atomic mass is 19.3. The number of nitrogens with zero attached hydrogens (tertiary/aromatic N) is 3. The third-order valence-corrected chi connectivity index (χ3v) is 3.01. The van der Waals surface area contributed by atoms with E-state index in [1.165, 1.54) is 4.90 Å². The zero-order chi connectivity index (χ0) is 15.8. The molecular weight excluding hydrogens is 278 g/mol. The van der Waals surface area contributed by atoms with Crippen molar-refractivity contribution in [3.05, 3.63) is 11.4 Å². The molecule has 0 saturated carbocycles. The van der Waals surface area contributed by atoms with Gasteiger partial charge in [0.1, 0.15) is 17.5 Å². The van der Waals surface area contributed by atoms with Crippen LogP contribution in [0, 0.1) is 6.92 Å². The summed E-state index contributed by atoms with van der Waals surface area (Å²) in [7, 11) is 0. The predicted octanol–water partition coefficient (Wildman–Crippen LogP) is 2.23. The molecule has 0 aliphatic rings. The summed E-state index contributed by atoms with van der Waals surface area (Å²) in [5.41, 5.74) is 0.728. The zero-order valence-electron chi connectivity index (χ0n) is 12.9. The largest absolute Gasteiger partial charge is 0.395 e. The maximum absolute atomic E-state index is 12.7. The van der Waals surface area contributed by atoms with Crippen LogP contribution in [0.1, 0.15) is 31.7 Å². The highest BCUT2D eigenvalue weighted by Gasteiger charge is 2.19. The van der Waals surface area contributed by atoms with E-state index in [9.17, 15) is 8.78 Å². The molecule has 1 heterocycles. The molecule has 0 aliphatic carbocycles. The number of alkyl halides is 2. The van der Waals surface area contributed by atoms with Gasteiger partial charge in [0.25, 0.3) is 6.43 Å². The first-order valence-electron chi connectivity index (χ1n) is 7.28. The van der Waals surface area contributed by atoms with E-state index < -0.39 is 13.0 Å². The summed E-state index contributed by atoms with van der Waals surface area (Å²) in [6.07, 6.45) is -0.918. The van der Waals surface area contributed by atoms with Crippen LogP contribution in [0.4, 0.5) is 20.4 Å². The van der Waals surface area contributed by atoms with E-state index in [-0.39, 0.29) is 13.2 Å². The molecule has 0 fully saturated rings. The first-order valence-corrected chi connectivity index (χ1v) is 7.28. The van der Waals surface area contributed by atoms with Crippen molar-refractivity contribution in [3.63, 3.8) is 0 Å². The molecule has 0 unspecified atom stereocenters. The van der Waals surface area contributed by atoms with E-state index in [0.29, 0.717) is 30.4 Å². The Morgan fingerprint density at radius 3 is 2.52 bits per heavy atom. The Morgan fingerprint density at radius 2 is 2.00 bits per heavy atom. The minimum atomic E-state index is -2.48. The normalized spacial score (nSPS) is 11.0. The van der Waals surface area contributed by atoms with Crippen molar-refractivity contribution in [3.8, 4) is 0 Å². The maximum Gasteiger partial charge on any atom is 0.255 e. The monoisotopic (exact) mass is 302 g/mol. The minimum Gasteiger partial charge on any atom is -0.395 e. The lowest BCUT2D eigenvalue weighted by Crippen LogP contribution is -2.33. The number of aromatic nitrogens is 2. The van der Waals surface area contributed by atoms with Crippen LogP contribution in [0.25, 0.3) is 0 Å². The third kappa shape index (κ3) is 5.08. The quantitative estimate of drug-likeness (QED) is 0.732. The zero-order valence-corrected chi connectivity index (χ0v) is 12.9. The molecule has 1 aromatic heterocycles. The van der Waals surface area contributed by atoms with Gasteiger partial charge in [-0.3, -0.25) is 0 Å². The Kier molecular flexibility index (Phi) is 7.28. The Morgan fingerprint density at radius 1 is 1.29 bits per heavy atom. The smallest absolute Gasteiger partial charge is 0.255 e. The van der Waals surface area contributed by atoms with Gasteiger partial charge in [0.05, 0.1) is 13.2 Å². The van der Waals surface area contributed by atoms with Crippen molar-refractivity contribution in [2.75, 3.05) is 36.5 Å². The Hall–Kier alpha value is -1.50. The van der Waals surface area contributed by atoms with Crippen LogP contribution in [-0.2, 0) is 6.42 Å². The molecule has 0 radical (unpaired) electrons. The first-order chi connectivity index (χ1) is 10.0. The molecule has 2 N–H and O–H groups in total. The fourth-order valence-corrected chi connectivity index (χ4v) is 2.10. The Balaban J connectivity index is 3.21. The molecule has 0 spiro atoms. The maximum atomic E-state index is 12.7. The number of hydrogen-bond acceptors (Lipinski definition) is 5. The van der Waals surface area contributed by atoms with Gasteiger partial charge in [-0.05, 0) is 20.3 Å². The lowest BCUT2D eigenvalue weighted by Gasteiger charge is -2.25. The molecule has 1 aromatic rings. The van der Waals surface area contributed by atoms with Crippen molar-refractivity contribution < 1.29 is 13.9 Å². The lowest BCUT2D eigenvalue weighted by molar-refractivity contribution is 0.152. The van der Waals surface area contributed by atoms with Gasteiger partial charge in [-0.1, -0.05) is 6.92 Å². The van der Waals surface area contributed by atoms with Crippen LogP contribution < -0.4 is 10.2 Å². The topological polar surface area (TPSA) is 61.3 Å². The molecule has 0 aromatic carbocycles. The second-order valence-corrected chi connectivity index (χ2v) is 4.78. The molecule has 1 rings (SSSR count). The Labute approximate surface area is 124 Å². The molecule has 0 atom stereocenters. The number of rotatable bonds is 9. The van der Waals surface area contributed by atoms with Crippen molar-refractivity contribution in [2.45, 2.75) is 40.0 Å². The average Bonchev–Trinajstić information content (AvgIpc) is 2.42. The average molecular weight is 302 g/mol. The van der Waals surface area contributed by atoms with Crippen LogP contribution in [0.15, 0.2) is 0 Å². The molecule has 0 saturated heterocycles. The molecule has 5 nitrogen and oxygen atoms in total. The van der Waals surface area contributed by atoms with Crippen molar-refractivity contribution in [1.82, 2.24) is 9.97 Å². The number of nitrogens with one attached hydrogen (secondary N) is 1. The summed E-state index contributed by atoms with van der Waals surface area (Å²) in [6.45, 7) is 5.94. The number of halogens is 2. The van der Waals surface area contributed by atoms with E-state index in [2.05, 4.69) is 15.3 Å². The summed E-state index contributed by atoms with van der Waals surface area (Å²) in [5, 5.41) is 12.2. The van der Waals surface area contributed by atoms with Gasteiger partial charge in [0.2, 0.25) is 0 Å². The van der Waals surface area contributed by atoms with Gasteiger partial charge < -0.3 is 15.3 Å². The summed E-state index contributed by atoms with van der Waals surface area (Å²) in [4.78, 5) is 10.3. The molecule has 120 valence electrons. The summed E-state index contributed by atoms with van der Waals surface area (Å²) in [6, 6.07) is 0. The number of aryl methyl sites for hydroxylation is 1. The molecule has 0 aliphatic heterocycles. The molecule has 7 heteroatoms. The Bertz CT molecular complexity index is 443. The number of aliphatic hydroxyl groups excluding tert-OH is 1. The van der Waals surface area contributed by atoms with Gasteiger partial charge in [-0.15, -0.1) is 0 Å². The van der Waals surface area contributed by atoms with Crippen LogP contribution in [-0.4, -0.2) is 47.7 Å². The van der Waals surface area contributed by atoms with Gasteiger partial charge in [-0.2, -0.15) is 0 Å². The lowest BCUT2D eigenvalue weighted by atomic mass is 10.2. The number of anilines is 2. The van der Waals surface area contributed by atoms with Crippen LogP contribution in [0.3, 0.4) is 0 Å². The van der Waals surface area contributed by atoms with Gasteiger partial charge in [0, 0.05) is 25.1 Å². The standard InChI is InChI=1S/C14H24F2N4O/c1-4-6-12-18-13(17-5-2)10(3)14(19-12)20(7-8-21)9-11(15)16/h11,21H,4-9H2,1-3H3,(H,17,18,19). The molecular formula is C14H24F2N4O. The predicted molar refractivity (Wildman–Crippen MR) is 80.2 cm³/mol. The third-order valence-electron chi connectivity index (χ3n) is 3.01. The molecule has 0 bridgehead atoms. The van der Waals surface area contributed by atoms with Crippen molar-refractivity contribution in [2.24, 2.45) is 0 Å². The van der Waals surface area contributed by atoms with Crippen LogP contribution in [0.2, 0.25) is 0 Å². The van der Waals surface area contributed by atoms with Gasteiger partial charge in [0.15, 0.2) is 0 Å². The van der Waals surface area contributed by atoms with Crippen molar-refractivity contribution >= 4 is 11.6 Å². The second-order valence-electron chi connectivity index (χ2n) is 4.78.